The Balaban J connectivity index is 1.42. The molecule has 0 bridgehead atoms. The first-order valence-electron chi connectivity index (χ1n) is 9.04. The number of hydrogen-bond acceptors (Lipinski definition) is 5. The predicted octanol–water partition coefficient (Wildman–Crippen LogP) is 3.92. The molecular formula is C21H20FN3O2S. The highest BCUT2D eigenvalue weighted by Gasteiger charge is 2.25. The van der Waals surface area contributed by atoms with Gasteiger partial charge in [0.1, 0.15) is 22.3 Å². The maximum absolute atomic E-state index is 13.1. The number of thiazole rings is 1. The van der Waals surface area contributed by atoms with Crippen molar-refractivity contribution in [3.8, 4) is 16.3 Å². The van der Waals surface area contributed by atoms with Crippen LogP contribution >= 0.6 is 11.3 Å². The van der Waals surface area contributed by atoms with Crippen LogP contribution in [0.2, 0.25) is 0 Å². The van der Waals surface area contributed by atoms with Crippen molar-refractivity contribution in [3.63, 3.8) is 0 Å². The van der Waals surface area contributed by atoms with E-state index in [9.17, 15) is 9.18 Å². The van der Waals surface area contributed by atoms with Crippen LogP contribution in [0.1, 0.15) is 10.5 Å². The number of nitrogens with zero attached hydrogens (tertiary/aromatic N) is 3. The van der Waals surface area contributed by atoms with E-state index in [-0.39, 0.29) is 11.7 Å². The smallest absolute Gasteiger partial charge is 0.273 e. The predicted molar refractivity (Wildman–Crippen MR) is 109 cm³/mol. The van der Waals surface area contributed by atoms with E-state index in [0.717, 1.165) is 35.1 Å². The molecule has 144 valence electrons. The fourth-order valence-corrected chi connectivity index (χ4v) is 4.10. The largest absolute Gasteiger partial charge is 0.495 e. The van der Waals surface area contributed by atoms with E-state index < -0.39 is 0 Å². The molecule has 0 N–H and O–H groups in total. The van der Waals surface area contributed by atoms with E-state index in [1.54, 1.807) is 24.6 Å². The minimum Gasteiger partial charge on any atom is -0.495 e. The van der Waals surface area contributed by atoms with Crippen molar-refractivity contribution in [1.29, 1.82) is 0 Å². The summed E-state index contributed by atoms with van der Waals surface area (Å²) in [5.74, 6) is 0.486. The maximum atomic E-state index is 13.1. The highest BCUT2D eigenvalue weighted by molar-refractivity contribution is 7.13. The number of ether oxygens (including phenoxy) is 1. The fourth-order valence-electron chi connectivity index (χ4n) is 3.30. The summed E-state index contributed by atoms with van der Waals surface area (Å²) in [5.41, 5.74) is 2.30. The maximum Gasteiger partial charge on any atom is 0.273 e. The molecule has 7 heteroatoms. The Morgan fingerprint density at radius 3 is 2.50 bits per heavy atom. The first-order chi connectivity index (χ1) is 13.7. The number of piperazine rings is 1. The standard InChI is InChI=1S/C21H20FN3O2S/c1-27-19-5-3-2-4-18(19)24-10-12-25(13-11-24)21(26)17-14-28-20(23-17)15-6-8-16(22)9-7-15/h2-9,14H,10-13H2,1H3. The van der Waals surface area contributed by atoms with E-state index in [1.165, 1.54) is 23.5 Å². The molecule has 3 aromatic rings. The van der Waals surface area contributed by atoms with Crippen LogP contribution in [-0.2, 0) is 0 Å². The van der Waals surface area contributed by atoms with Crippen molar-refractivity contribution < 1.29 is 13.9 Å². The number of hydrogen-bond donors (Lipinski definition) is 0. The molecule has 2 aromatic carbocycles. The Bertz CT molecular complexity index is 966. The zero-order valence-corrected chi connectivity index (χ0v) is 16.3. The Labute approximate surface area is 167 Å². The summed E-state index contributed by atoms with van der Waals surface area (Å²) in [5, 5.41) is 2.49. The van der Waals surface area contributed by atoms with Gasteiger partial charge in [-0.05, 0) is 36.4 Å². The van der Waals surface area contributed by atoms with Crippen LogP contribution < -0.4 is 9.64 Å². The highest BCUT2D eigenvalue weighted by atomic mass is 32.1. The average Bonchev–Trinajstić information content (AvgIpc) is 3.24. The lowest BCUT2D eigenvalue weighted by molar-refractivity contribution is 0.0741. The second-order valence-corrected chi connectivity index (χ2v) is 7.35. The number of carbonyl (C=O) groups excluding carboxylic acids is 1. The van der Waals surface area contributed by atoms with E-state index in [2.05, 4.69) is 9.88 Å². The molecule has 0 unspecified atom stereocenters. The summed E-state index contributed by atoms with van der Waals surface area (Å²) in [6.45, 7) is 2.72. The third-order valence-corrected chi connectivity index (χ3v) is 5.70. The van der Waals surface area contributed by atoms with Crippen molar-refractivity contribution in [2.75, 3.05) is 38.2 Å². The van der Waals surface area contributed by atoms with Crippen LogP contribution in [0.3, 0.4) is 0 Å². The van der Waals surface area contributed by atoms with Crippen molar-refractivity contribution in [2.45, 2.75) is 0 Å². The minimum absolute atomic E-state index is 0.0655. The van der Waals surface area contributed by atoms with Gasteiger partial charge < -0.3 is 14.5 Å². The van der Waals surface area contributed by atoms with Gasteiger partial charge >= 0.3 is 0 Å². The number of aromatic nitrogens is 1. The monoisotopic (exact) mass is 397 g/mol. The normalized spacial score (nSPS) is 14.2. The molecular weight excluding hydrogens is 377 g/mol. The van der Waals surface area contributed by atoms with Gasteiger partial charge in [0, 0.05) is 37.1 Å². The first kappa shape index (κ1) is 18.4. The molecule has 5 nitrogen and oxygen atoms in total. The first-order valence-corrected chi connectivity index (χ1v) is 9.92. The number of methoxy groups -OCH3 is 1. The number of carbonyl (C=O) groups is 1. The molecule has 1 fully saturated rings. The Morgan fingerprint density at radius 2 is 1.79 bits per heavy atom. The molecule has 28 heavy (non-hydrogen) atoms. The number of amides is 1. The van der Waals surface area contributed by atoms with Crippen molar-refractivity contribution in [1.82, 2.24) is 9.88 Å². The molecule has 1 aromatic heterocycles. The molecule has 1 aliphatic rings. The second-order valence-electron chi connectivity index (χ2n) is 6.50. The number of benzene rings is 2. The van der Waals surface area contributed by atoms with Gasteiger partial charge in [0.25, 0.3) is 5.91 Å². The number of anilines is 1. The number of para-hydroxylation sites is 2. The summed E-state index contributed by atoms with van der Waals surface area (Å²) in [6.07, 6.45) is 0. The summed E-state index contributed by atoms with van der Waals surface area (Å²) in [6, 6.07) is 14.1. The van der Waals surface area contributed by atoms with Gasteiger partial charge in [-0.15, -0.1) is 11.3 Å². The summed E-state index contributed by atoms with van der Waals surface area (Å²) in [7, 11) is 1.67. The SMILES string of the molecule is COc1ccccc1N1CCN(C(=O)c2csc(-c3ccc(F)cc3)n2)CC1. The van der Waals surface area contributed by atoms with Gasteiger partial charge in [0.05, 0.1) is 12.8 Å². The third-order valence-electron chi connectivity index (χ3n) is 4.81. The van der Waals surface area contributed by atoms with Crippen LogP contribution in [0.4, 0.5) is 10.1 Å². The van der Waals surface area contributed by atoms with Gasteiger partial charge in [-0.1, -0.05) is 12.1 Å². The summed E-state index contributed by atoms with van der Waals surface area (Å²) >= 11 is 1.40. The zero-order chi connectivity index (χ0) is 19.5. The Kier molecular flexibility index (Phi) is 5.25. The number of halogens is 1. The van der Waals surface area contributed by atoms with Gasteiger partial charge in [0.15, 0.2) is 0 Å². The van der Waals surface area contributed by atoms with Crippen LogP contribution in [-0.4, -0.2) is 49.1 Å². The Hall–Kier alpha value is -2.93. The molecule has 0 saturated carbocycles. The topological polar surface area (TPSA) is 45.7 Å². The van der Waals surface area contributed by atoms with Gasteiger partial charge in [-0.25, -0.2) is 9.37 Å². The van der Waals surface area contributed by atoms with Crippen molar-refractivity contribution >= 4 is 22.9 Å². The van der Waals surface area contributed by atoms with Crippen LogP contribution in [0.5, 0.6) is 5.75 Å². The highest BCUT2D eigenvalue weighted by Crippen LogP contribution is 2.29. The van der Waals surface area contributed by atoms with Crippen LogP contribution in [0.15, 0.2) is 53.9 Å². The average molecular weight is 397 g/mol. The zero-order valence-electron chi connectivity index (χ0n) is 15.5. The molecule has 1 amide bonds. The molecule has 2 heterocycles. The summed E-state index contributed by atoms with van der Waals surface area (Å²) in [4.78, 5) is 21.4. The fraction of sp³-hybridized carbons (Fsp3) is 0.238. The molecule has 1 saturated heterocycles. The van der Waals surface area contributed by atoms with E-state index in [0.29, 0.717) is 18.8 Å². The molecule has 0 radical (unpaired) electrons. The van der Waals surface area contributed by atoms with Gasteiger partial charge in [-0.3, -0.25) is 4.79 Å². The van der Waals surface area contributed by atoms with Crippen LogP contribution in [0.25, 0.3) is 10.6 Å². The molecule has 0 atom stereocenters. The lowest BCUT2D eigenvalue weighted by Gasteiger charge is -2.36. The number of rotatable bonds is 4. The Morgan fingerprint density at radius 1 is 1.07 bits per heavy atom. The quantitative estimate of drug-likeness (QED) is 0.669. The van der Waals surface area contributed by atoms with Gasteiger partial charge in [0.2, 0.25) is 0 Å². The lowest BCUT2D eigenvalue weighted by atomic mass is 10.2. The third kappa shape index (κ3) is 3.71. The van der Waals surface area contributed by atoms with Crippen LogP contribution in [0, 0.1) is 5.82 Å². The molecule has 4 rings (SSSR count). The van der Waals surface area contributed by atoms with E-state index >= 15 is 0 Å². The lowest BCUT2D eigenvalue weighted by Crippen LogP contribution is -2.49. The molecule has 1 aliphatic heterocycles. The van der Waals surface area contributed by atoms with E-state index in [4.69, 9.17) is 4.74 Å². The minimum atomic E-state index is -0.287. The van der Waals surface area contributed by atoms with Gasteiger partial charge in [-0.2, -0.15) is 0 Å². The van der Waals surface area contributed by atoms with Crippen molar-refractivity contribution in [3.05, 3.63) is 65.4 Å². The second kappa shape index (κ2) is 7.98. The summed E-state index contributed by atoms with van der Waals surface area (Å²) < 4.78 is 18.5. The van der Waals surface area contributed by atoms with E-state index in [1.807, 2.05) is 29.2 Å². The van der Waals surface area contributed by atoms with Crippen molar-refractivity contribution in [2.24, 2.45) is 0 Å². The molecule has 0 aliphatic carbocycles. The molecule has 0 spiro atoms.